The molecule has 1 heterocycles. The summed E-state index contributed by atoms with van der Waals surface area (Å²) in [4.78, 5) is 25.4. The number of nitrogens with two attached hydrogens (primary N) is 1. The molecular formula is C11H17N5O3. The summed E-state index contributed by atoms with van der Waals surface area (Å²) < 4.78 is 0. The minimum absolute atomic E-state index is 0.0864. The van der Waals surface area contributed by atoms with Gasteiger partial charge in [-0.25, -0.2) is 4.98 Å². The molecule has 19 heavy (non-hydrogen) atoms. The molecule has 0 aliphatic carbocycles. The first kappa shape index (κ1) is 14.7. The number of nitrogens with zero attached hydrogens (tertiary/aromatic N) is 2. The third kappa shape index (κ3) is 4.41. The molecule has 0 unspecified atom stereocenters. The summed E-state index contributed by atoms with van der Waals surface area (Å²) in [5.41, 5.74) is 4.42. The highest BCUT2D eigenvalue weighted by molar-refractivity contribution is 5.75. The van der Waals surface area contributed by atoms with E-state index in [2.05, 4.69) is 15.6 Å². The Morgan fingerprint density at radius 2 is 2.05 bits per heavy atom. The lowest BCUT2D eigenvalue weighted by molar-refractivity contribution is -0.384. The van der Waals surface area contributed by atoms with Gasteiger partial charge in [0.25, 0.3) is 5.69 Å². The number of primary amides is 1. The predicted molar refractivity (Wildman–Crippen MR) is 72.0 cm³/mol. The average molecular weight is 267 g/mol. The van der Waals surface area contributed by atoms with Crippen LogP contribution in [0.3, 0.4) is 0 Å². The molecule has 0 fully saturated rings. The summed E-state index contributed by atoms with van der Waals surface area (Å²) in [5, 5.41) is 16.5. The minimum atomic E-state index is -0.640. The van der Waals surface area contributed by atoms with Crippen LogP contribution in [-0.2, 0) is 4.79 Å². The Morgan fingerprint density at radius 3 is 2.53 bits per heavy atom. The molecule has 0 aliphatic rings. The lowest BCUT2D eigenvalue weighted by Gasteiger charge is -2.25. The van der Waals surface area contributed by atoms with Crippen LogP contribution in [0.15, 0.2) is 12.1 Å². The highest BCUT2D eigenvalue weighted by Crippen LogP contribution is 2.23. The Bertz CT molecular complexity index is 501. The van der Waals surface area contributed by atoms with E-state index >= 15 is 0 Å². The molecular weight excluding hydrogens is 250 g/mol. The normalized spacial score (nSPS) is 10.9. The van der Waals surface area contributed by atoms with Gasteiger partial charge in [0.05, 0.1) is 17.1 Å². The highest BCUT2D eigenvalue weighted by Gasteiger charge is 2.22. The second kappa shape index (κ2) is 5.51. The molecule has 1 aromatic heterocycles. The van der Waals surface area contributed by atoms with Gasteiger partial charge < -0.3 is 16.4 Å². The number of amides is 1. The molecule has 0 radical (unpaired) electrons. The van der Waals surface area contributed by atoms with Crippen molar-refractivity contribution < 1.29 is 9.72 Å². The van der Waals surface area contributed by atoms with Crippen molar-refractivity contribution in [2.24, 2.45) is 5.73 Å². The topological polar surface area (TPSA) is 123 Å². The Morgan fingerprint density at radius 1 is 1.47 bits per heavy atom. The number of carbonyl (C=O) groups is 1. The zero-order valence-corrected chi connectivity index (χ0v) is 11.1. The standard InChI is InChI=1S/C11H17N5O3/c1-11(2,6-8(12)17)15-10-5-7(16(18)19)4-9(13-3)14-10/h4-5H,6H2,1-3H3,(H2,12,17)(H2,13,14,15). The van der Waals surface area contributed by atoms with Gasteiger partial charge in [-0.3, -0.25) is 14.9 Å². The lowest BCUT2D eigenvalue weighted by Crippen LogP contribution is -2.36. The van der Waals surface area contributed by atoms with Gasteiger partial charge >= 0.3 is 0 Å². The number of hydrogen-bond donors (Lipinski definition) is 3. The SMILES string of the molecule is CNc1cc([N+](=O)[O-])cc(NC(C)(C)CC(N)=O)n1. The number of pyridine rings is 1. The van der Waals surface area contributed by atoms with Crippen LogP contribution in [0.2, 0.25) is 0 Å². The second-order valence-electron chi connectivity index (χ2n) is 4.75. The monoisotopic (exact) mass is 267 g/mol. The molecule has 0 aromatic carbocycles. The summed E-state index contributed by atoms with van der Waals surface area (Å²) >= 11 is 0. The van der Waals surface area contributed by atoms with E-state index in [-0.39, 0.29) is 12.1 Å². The van der Waals surface area contributed by atoms with Crippen LogP contribution in [0.1, 0.15) is 20.3 Å². The van der Waals surface area contributed by atoms with Gasteiger partial charge in [-0.15, -0.1) is 0 Å². The molecule has 1 rings (SSSR count). The van der Waals surface area contributed by atoms with E-state index in [0.717, 1.165) is 0 Å². The Kier molecular flexibility index (Phi) is 4.26. The van der Waals surface area contributed by atoms with Gasteiger partial charge in [-0.1, -0.05) is 0 Å². The summed E-state index contributed by atoms with van der Waals surface area (Å²) in [7, 11) is 1.62. The third-order valence-corrected chi connectivity index (χ3v) is 2.36. The van der Waals surface area contributed by atoms with Gasteiger partial charge in [0.2, 0.25) is 5.91 Å². The molecule has 0 saturated heterocycles. The summed E-state index contributed by atoms with van der Waals surface area (Å²) in [5.74, 6) is 0.216. The van der Waals surface area contributed by atoms with Crippen LogP contribution in [0, 0.1) is 10.1 Å². The molecule has 4 N–H and O–H groups in total. The molecule has 0 saturated carbocycles. The van der Waals surface area contributed by atoms with Crippen molar-refractivity contribution in [1.82, 2.24) is 4.98 Å². The van der Waals surface area contributed by atoms with Crippen LogP contribution >= 0.6 is 0 Å². The summed E-state index contributed by atoms with van der Waals surface area (Å²) in [6, 6.07) is 2.63. The van der Waals surface area contributed by atoms with Crippen LogP contribution in [0.25, 0.3) is 0 Å². The van der Waals surface area contributed by atoms with Crippen LogP contribution in [0.5, 0.6) is 0 Å². The maximum atomic E-state index is 10.9. The van der Waals surface area contributed by atoms with E-state index in [9.17, 15) is 14.9 Å². The molecule has 0 bridgehead atoms. The quantitative estimate of drug-likeness (QED) is 0.523. The number of aromatic nitrogens is 1. The van der Waals surface area contributed by atoms with Gasteiger partial charge in [-0.05, 0) is 13.8 Å². The largest absolute Gasteiger partial charge is 0.373 e. The van der Waals surface area contributed by atoms with Crippen LogP contribution < -0.4 is 16.4 Å². The minimum Gasteiger partial charge on any atom is -0.373 e. The van der Waals surface area contributed by atoms with Gasteiger partial charge in [-0.2, -0.15) is 0 Å². The van der Waals surface area contributed by atoms with Crippen molar-refractivity contribution >= 4 is 23.2 Å². The fraction of sp³-hybridized carbons (Fsp3) is 0.455. The number of rotatable bonds is 6. The van der Waals surface area contributed by atoms with E-state index in [1.807, 2.05) is 0 Å². The molecule has 1 aromatic rings. The van der Waals surface area contributed by atoms with Gasteiger partial charge in [0, 0.05) is 19.0 Å². The molecule has 104 valence electrons. The van der Waals surface area contributed by atoms with Crippen molar-refractivity contribution in [2.45, 2.75) is 25.8 Å². The number of anilines is 2. The van der Waals surface area contributed by atoms with E-state index in [1.165, 1.54) is 12.1 Å². The molecule has 0 spiro atoms. The number of nitro groups is 1. The van der Waals surface area contributed by atoms with Crippen molar-refractivity contribution in [3.05, 3.63) is 22.2 Å². The zero-order valence-electron chi connectivity index (χ0n) is 11.1. The number of carbonyl (C=O) groups excluding carboxylic acids is 1. The highest BCUT2D eigenvalue weighted by atomic mass is 16.6. The zero-order chi connectivity index (χ0) is 14.6. The average Bonchev–Trinajstić information content (AvgIpc) is 2.25. The first-order valence-corrected chi connectivity index (χ1v) is 5.64. The fourth-order valence-corrected chi connectivity index (χ4v) is 1.64. The van der Waals surface area contributed by atoms with Crippen molar-refractivity contribution in [2.75, 3.05) is 17.7 Å². The van der Waals surface area contributed by atoms with Crippen molar-refractivity contribution in [3.8, 4) is 0 Å². The Balaban J connectivity index is 3.03. The Labute approximate surface area is 110 Å². The van der Waals surface area contributed by atoms with E-state index < -0.39 is 16.4 Å². The molecule has 8 nitrogen and oxygen atoms in total. The molecule has 8 heteroatoms. The summed E-state index contributed by atoms with van der Waals surface area (Å²) in [6.07, 6.45) is 0.0895. The first-order valence-electron chi connectivity index (χ1n) is 5.64. The smallest absolute Gasteiger partial charge is 0.276 e. The number of nitrogens with one attached hydrogen (secondary N) is 2. The van der Waals surface area contributed by atoms with Gasteiger partial charge in [0.1, 0.15) is 11.6 Å². The second-order valence-corrected chi connectivity index (χ2v) is 4.75. The lowest BCUT2D eigenvalue weighted by atomic mass is 10.0. The first-order chi connectivity index (χ1) is 8.73. The van der Waals surface area contributed by atoms with Crippen LogP contribution in [0.4, 0.5) is 17.3 Å². The molecule has 0 atom stereocenters. The molecule has 0 aliphatic heterocycles. The maximum Gasteiger partial charge on any atom is 0.276 e. The molecule has 1 amide bonds. The van der Waals surface area contributed by atoms with Gasteiger partial charge in [0.15, 0.2) is 0 Å². The van der Waals surface area contributed by atoms with E-state index in [0.29, 0.717) is 11.6 Å². The summed E-state index contributed by atoms with van der Waals surface area (Å²) in [6.45, 7) is 3.52. The van der Waals surface area contributed by atoms with Crippen LogP contribution in [-0.4, -0.2) is 28.4 Å². The third-order valence-electron chi connectivity index (χ3n) is 2.36. The maximum absolute atomic E-state index is 10.9. The fourth-order valence-electron chi connectivity index (χ4n) is 1.64. The Hall–Kier alpha value is -2.38. The van der Waals surface area contributed by atoms with E-state index in [1.54, 1.807) is 20.9 Å². The number of hydrogen-bond acceptors (Lipinski definition) is 6. The van der Waals surface area contributed by atoms with Crippen molar-refractivity contribution in [1.29, 1.82) is 0 Å². The predicted octanol–water partition coefficient (Wildman–Crippen LogP) is 1.10. The van der Waals surface area contributed by atoms with E-state index in [4.69, 9.17) is 5.73 Å². The van der Waals surface area contributed by atoms with Crippen molar-refractivity contribution in [3.63, 3.8) is 0 Å².